The van der Waals surface area contributed by atoms with Gasteiger partial charge in [-0.2, -0.15) is 0 Å². The minimum Gasteiger partial charge on any atom is -0.383 e. The Morgan fingerprint density at radius 3 is 2.47 bits per heavy atom. The largest absolute Gasteiger partial charge is 0.383 e. The van der Waals surface area contributed by atoms with E-state index in [1.165, 1.54) is 6.07 Å². The number of fused-ring (bicyclic) bond motifs is 1. The van der Waals surface area contributed by atoms with E-state index >= 15 is 0 Å². The molecular formula is C32H29IN4O7S. The van der Waals surface area contributed by atoms with E-state index in [-0.39, 0.29) is 48.7 Å². The zero-order chi connectivity index (χ0) is 32.3. The molecule has 2 heterocycles. The Kier molecular flexibility index (Phi) is 9.48. The summed E-state index contributed by atoms with van der Waals surface area (Å²) in [7, 11) is -3.49. The van der Waals surface area contributed by atoms with Crippen LogP contribution in [0.5, 0.6) is 0 Å². The topological polar surface area (TPSA) is 159 Å². The Bertz CT molecular complexity index is 1860. The highest BCUT2D eigenvalue weighted by Gasteiger charge is 2.45. The van der Waals surface area contributed by atoms with Gasteiger partial charge >= 0.3 is 0 Å². The van der Waals surface area contributed by atoms with Crippen molar-refractivity contribution in [3.63, 3.8) is 0 Å². The Morgan fingerprint density at radius 2 is 1.73 bits per heavy atom. The van der Waals surface area contributed by atoms with Gasteiger partial charge in [0.25, 0.3) is 17.7 Å². The van der Waals surface area contributed by atoms with Crippen LogP contribution >= 0.6 is 22.6 Å². The van der Waals surface area contributed by atoms with E-state index in [4.69, 9.17) is 0 Å². The van der Waals surface area contributed by atoms with Crippen molar-refractivity contribution in [2.45, 2.75) is 30.7 Å². The fraction of sp³-hybridized carbons (Fsp3) is 0.219. The third-order valence-corrected chi connectivity index (χ3v) is 10.5. The number of halogens is 1. The van der Waals surface area contributed by atoms with Crippen LogP contribution in [0.1, 0.15) is 55.0 Å². The second kappa shape index (κ2) is 13.3. The van der Waals surface area contributed by atoms with Gasteiger partial charge in [-0.1, -0.05) is 36.4 Å². The quantitative estimate of drug-likeness (QED) is 0.162. The highest BCUT2D eigenvalue weighted by Crippen LogP contribution is 2.32. The number of imide groups is 2. The smallest absolute Gasteiger partial charge is 0.264 e. The van der Waals surface area contributed by atoms with Crippen molar-refractivity contribution in [3.8, 4) is 0 Å². The van der Waals surface area contributed by atoms with Gasteiger partial charge < -0.3 is 10.6 Å². The highest BCUT2D eigenvalue weighted by molar-refractivity contribution is 14.1. The predicted octanol–water partition coefficient (Wildman–Crippen LogP) is 3.33. The number of amides is 5. The third-order valence-electron chi connectivity index (χ3n) is 7.55. The number of sulfone groups is 1. The summed E-state index contributed by atoms with van der Waals surface area (Å²) in [6.45, 7) is 2.24. The number of nitrogens with zero attached hydrogens (tertiary/aromatic N) is 1. The van der Waals surface area contributed by atoms with Crippen molar-refractivity contribution in [1.29, 1.82) is 0 Å². The maximum Gasteiger partial charge on any atom is 0.264 e. The molecule has 0 aliphatic carbocycles. The summed E-state index contributed by atoms with van der Waals surface area (Å²) in [4.78, 5) is 63.9. The molecule has 11 nitrogen and oxygen atoms in total. The van der Waals surface area contributed by atoms with Gasteiger partial charge in [-0.15, -0.1) is 0 Å². The molecule has 45 heavy (non-hydrogen) atoms. The molecule has 1 fully saturated rings. The molecule has 0 radical (unpaired) electrons. The van der Waals surface area contributed by atoms with E-state index in [9.17, 15) is 32.4 Å². The maximum absolute atomic E-state index is 13.2. The Labute approximate surface area is 273 Å². The lowest BCUT2D eigenvalue weighted by atomic mass is 10.0. The van der Waals surface area contributed by atoms with Gasteiger partial charge in [0, 0.05) is 34.3 Å². The second-order valence-electron chi connectivity index (χ2n) is 10.5. The van der Waals surface area contributed by atoms with Crippen LogP contribution in [-0.4, -0.2) is 67.7 Å². The van der Waals surface area contributed by atoms with Crippen LogP contribution < -0.4 is 16.0 Å². The van der Waals surface area contributed by atoms with Crippen molar-refractivity contribution in [2.75, 3.05) is 24.2 Å². The lowest BCUT2D eigenvalue weighted by Gasteiger charge is -2.27. The standard InChI is InChI=1S/C32H29IN4O7S/c1-19-23(33)7-3-9-26(19)45(43,44)18-4-5-20-10-12-21(13-11-20)29(39)35-17-16-34-24-8-2-6-22-28(24)32(42)37(31(22)41)25-14-15-27(38)36-30(25)40/h2-13,25,34H,14-18H2,1H3,(H,35,39)(H,36,38,40)/b5-4+. The first-order chi connectivity index (χ1) is 21.5. The highest BCUT2D eigenvalue weighted by atomic mass is 127. The number of hydrogen-bond donors (Lipinski definition) is 3. The van der Waals surface area contributed by atoms with Gasteiger partial charge in [-0.3, -0.25) is 34.2 Å². The van der Waals surface area contributed by atoms with Crippen LogP contribution in [-0.2, 0) is 19.4 Å². The summed E-state index contributed by atoms with van der Waals surface area (Å²) in [6, 6.07) is 15.6. The van der Waals surface area contributed by atoms with E-state index in [1.54, 1.807) is 67.6 Å². The molecule has 5 rings (SSSR count). The van der Waals surface area contributed by atoms with Crippen LogP contribution in [0, 0.1) is 10.5 Å². The number of hydrogen-bond acceptors (Lipinski definition) is 8. The maximum atomic E-state index is 13.2. The molecule has 3 N–H and O–H groups in total. The van der Waals surface area contributed by atoms with E-state index < -0.39 is 39.5 Å². The molecule has 2 aliphatic rings. The SMILES string of the molecule is Cc1c(I)cccc1S(=O)(=O)C/C=C/c1ccc(C(=O)NCCNc2cccc3c2C(=O)N(C2CCC(=O)NC2=O)C3=O)cc1. The molecule has 2 aliphatic heterocycles. The monoisotopic (exact) mass is 740 g/mol. The predicted molar refractivity (Wildman–Crippen MR) is 175 cm³/mol. The molecule has 13 heteroatoms. The molecule has 0 saturated carbocycles. The molecule has 3 aromatic rings. The zero-order valence-corrected chi connectivity index (χ0v) is 27.1. The van der Waals surface area contributed by atoms with Crippen LogP contribution in [0.2, 0.25) is 0 Å². The Morgan fingerprint density at radius 1 is 1.00 bits per heavy atom. The van der Waals surface area contributed by atoms with E-state index in [0.29, 0.717) is 16.1 Å². The molecule has 0 bridgehead atoms. The van der Waals surface area contributed by atoms with E-state index in [1.807, 2.05) is 6.07 Å². The molecule has 1 saturated heterocycles. The molecule has 232 valence electrons. The van der Waals surface area contributed by atoms with Crippen LogP contribution in [0.3, 0.4) is 0 Å². The van der Waals surface area contributed by atoms with Crippen LogP contribution in [0.15, 0.2) is 71.6 Å². The fourth-order valence-corrected chi connectivity index (χ4v) is 7.28. The first-order valence-electron chi connectivity index (χ1n) is 14.1. The van der Waals surface area contributed by atoms with Crippen molar-refractivity contribution in [3.05, 3.63) is 98.1 Å². The number of benzene rings is 3. The second-order valence-corrected chi connectivity index (χ2v) is 13.7. The number of carbonyl (C=O) groups is 5. The van der Waals surface area contributed by atoms with E-state index in [0.717, 1.165) is 19.6 Å². The molecule has 0 aromatic heterocycles. The lowest BCUT2D eigenvalue weighted by Crippen LogP contribution is -2.54. The summed E-state index contributed by atoms with van der Waals surface area (Å²) < 4.78 is 26.4. The van der Waals surface area contributed by atoms with Gasteiger partial charge in [-0.05, 0) is 83.5 Å². The van der Waals surface area contributed by atoms with Crippen molar-refractivity contribution < 1.29 is 32.4 Å². The third kappa shape index (κ3) is 6.83. The van der Waals surface area contributed by atoms with Gasteiger partial charge in [0.1, 0.15) is 6.04 Å². The number of anilines is 1. The molecule has 5 amide bonds. The molecule has 3 aromatic carbocycles. The molecule has 0 spiro atoms. The van der Waals surface area contributed by atoms with Gasteiger partial charge in [0.2, 0.25) is 11.8 Å². The minimum atomic E-state index is -3.49. The van der Waals surface area contributed by atoms with E-state index in [2.05, 4.69) is 38.5 Å². The van der Waals surface area contributed by atoms with Gasteiger partial charge in [-0.25, -0.2) is 8.42 Å². The van der Waals surface area contributed by atoms with Crippen molar-refractivity contribution in [1.82, 2.24) is 15.5 Å². The number of piperidine rings is 1. The summed E-state index contributed by atoms with van der Waals surface area (Å²) >= 11 is 2.11. The summed E-state index contributed by atoms with van der Waals surface area (Å²) in [5.41, 5.74) is 2.58. The van der Waals surface area contributed by atoms with Crippen molar-refractivity contribution in [2.24, 2.45) is 0 Å². The summed E-state index contributed by atoms with van der Waals surface area (Å²) in [5.74, 6) is -2.80. The zero-order valence-electron chi connectivity index (χ0n) is 24.1. The van der Waals surface area contributed by atoms with Crippen LogP contribution in [0.25, 0.3) is 6.08 Å². The lowest BCUT2D eigenvalue weighted by molar-refractivity contribution is -0.136. The Hall–Kier alpha value is -4.37. The van der Waals surface area contributed by atoms with Crippen LogP contribution in [0.4, 0.5) is 5.69 Å². The first-order valence-corrected chi connectivity index (χ1v) is 16.8. The summed E-state index contributed by atoms with van der Waals surface area (Å²) in [5, 5.41) is 8.05. The number of nitrogens with one attached hydrogen (secondary N) is 3. The Balaban J connectivity index is 1.13. The summed E-state index contributed by atoms with van der Waals surface area (Å²) in [6.07, 6.45) is 3.38. The average molecular weight is 741 g/mol. The first kappa shape index (κ1) is 32.0. The van der Waals surface area contributed by atoms with Crippen molar-refractivity contribution >= 4 is 73.7 Å². The average Bonchev–Trinajstić information content (AvgIpc) is 3.26. The number of carbonyl (C=O) groups excluding carboxylic acids is 5. The number of rotatable bonds is 10. The minimum absolute atomic E-state index is 0.0341. The van der Waals surface area contributed by atoms with Gasteiger partial charge in [0.15, 0.2) is 9.84 Å². The normalized spacial score (nSPS) is 16.6. The molecular weight excluding hydrogens is 711 g/mol. The fourth-order valence-electron chi connectivity index (χ4n) is 5.21. The molecule has 1 atom stereocenters. The molecule has 1 unspecified atom stereocenters. The van der Waals surface area contributed by atoms with Gasteiger partial charge in [0.05, 0.1) is 21.8 Å².